The molecule has 21 heavy (non-hydrogen) atoms. The summed E-state index contributed by atoms with van der Waals surface area (Å²) >= 11 is 0. The quantitative estimate of drug-likeness (QED) is 0.612. The molecule has 115 valence electrons. The predicted molar refractivity (Wildman–Crippen MR) is 84.5 cm³/mol. The number of nitrogens with two attached hydrogens (primary N) is 1. The Kier molecular flexibility index (Phi) is 9.13. The minimum absolute atomic E-state index is 0.0712. The molecule has 0 spiro atoms. The van der Waals surface area contributed by atoms with E-state index in [1.165, 1.54) is 0 Å². The number of unbranched alkanes of at least 4 members (excludes halogenated alkanes) is 3. The molecule has 1 unspecified atom stereocenters. The van der Waals surface area contributed by atoms with Crippen LogP contribution >= 0.6 is 0 Å². The van der Waals surface area contributed by atoms with Crippen LogP contribution in [-0.4, -0.2) is 25.3 Å². The van der Waals surface area contributed by atoms with Crippen LogP contribution in [0.4, 0.5) is 0 Å². The van der Waals surface area contributed by atoms with Crippen molar-refractivity contribution in [3.8, 4) is 0 Å². The van der Waals surface area contributed by atoms with Crippen LogP contribution in [0, 0.1) is 5.92 Å². The Morgan fingerprint density at radius 3 is 2.52 bits per heavy atom. The Morgan fingerprint density at radius 2 is 1.86 bits per heavy atom. The minimum atomic E-state index is -0.371. The molecule has 0 bridgehead atoms. The number of hydrogen-bond donors (Lipinski definition) is 2. The van der Waals surface area contributed by atoms with E-state index in [9.17, 15) is 9.59 Å². The number of hydrogen-bond acceptors (Lipinski definition) is 3. The van der Waals surface area contributed by atoms with Crippen LogP contribution in [0.5, 0.6) is 0 Å². The van der Waals surface area contributed by atoms with Crippen molar-refractivity contribution in [2.45, 2.75) is 38.5 Å². The van der Waals surface area contributed by atoms with E-state index < -0.39 is 0 Å². The first-order chi connectivity index (χ1) is 10.3. The molecule has 0 fully saturated rings. The predicted octanol–water partition coefficient (Wildman–Crippen LogP) is 1.98. The van der Waals surface area contributed by atoms with Gasteiger partial charge >= 0.3 is 0 Å². The Hall–Kier alpha value is -1.68. The maximum Gasteiger partial charge on any atom is 0.220 e. The first kappa shape index (κ1) is 17.4. The molecule has 1 amide bonds. The van der Waals surface area contributed by atoms with Gasteiger partial charge in [-0.15, -0.1) is 0 Å². The molecule has 0 heterocycles. The summed E-state index contributed by atoms with van der Waals surface area (Å²) in [5.74, 6) is -0.442. The maximum atomic E-state index is 11.8. The van der Waals surface area contributed by atoms with E-state index in [2.05, 4.69) is 5.32 Å². The molecule has 0 aliphatic heterocycles. The van der Waals surface area contributed by atoms with Gasteiger partial charge in [-0.3, -0.25) is 9.59 Å². The van der Waals surface area contributed by atoms with E-state index in [0.717, 1.165) is 37.8 Å². The van der Waals surface area contributed by atoms with Crippen molar-refractivity contribution in [2.75, 3.05) is 13.1 Å². The molecule has 0 aliphatic rings. The summed E-state index contributed by atoms with van der Waals surface area (Å²) in [7, 11) is 0. The Balaban J connectivity index is 2.20. The van der Waals surface area contributed by atoms with Crippen LogP contribution in [0.25, 0.3) is 0 Å². The molecule has 0 saturated heterocycles. The number of carbonyl (C=O) groups excluding carboxylic acids is 2. The molecule has 1 rings (SSSR count). The lowest BCUT2D eigenvalue weighted by Gasteiger charge is -2.10. The molecule has 4 heteroatoms. The molecular formula is C17H25N2O2. The monoisotopic (exact) mass is 289 g/mol. The van der Waals surface area contributed by atoms with Crippen molar-refractivity contribution in [1.29, 1.82) is 0 Å². The highest BCUT2D eigenvalue weighted by molar-refractivity contribution is 5.79. The van der Waals surface area contributed by atoms with Gasteiger partial charge in [-0.1, -0.05) is 43.2 Å². The van der Waals surface area contributed by atoms with Gasteiger partial charge in [-0.05, 0) is 31.4 Å². The van der Waals surface area contributed by atoms with Gasteiger partial charge in [0.1, 0.15) is 0 Å². The fourth-order valence-electron chi connectivity index (χ4n) is 2.20. The van der Waals surface area contributed by atoms with Gasteiger partial charge in [0.05, 0.1) is 0 Å². The third-order valence-corrected chi connectivity index (χ3v) is 3.38. The second kappa shape index (κ2) is 11.0. The molecule has 1 radical (unpaired) electrons. The largest absolute Gasteiger partial charge is 0.356 e. The number of benzene rings is 1. The topological polar surface area (TPSA) is 72.2 Å². The van der Waals surface area contributed by atoms with Gasteiger partial charge in [0.15, 0.2) is 0 Å². The lowest BCUT2D eigenvalue weighted by atomic mass is 9.97. The van der Waals surface area contributed by atoms with E-state index in [0.29, 0.717) is 13.0 Å². The number of rotatable bonds is 11. The number of nitrogens with one attached hydrogen (secondary N) is 1. The van der Waals surface area contributed by atoms with Crippen LogP contribution in [0.3, 0.4) is 0 Å². The average molecular weight is 289 g/mol. The molecule has 3 N–H and O–H groups in total. The zero-order valence-corrected chi connectivity index (χ0v) is 12.5. The Bertz CT molecular complexity index is 407. The molecule has 1 atom stereocenters. The van der Waals surface area contributed by atoms with E-state index >= 15 is 0 Å². The number of carbonyl (C=O) groups is 1. The highest BCUT2D eigenvalue weighted by atomic mass is 16.1. The van der Waals surface area contributed by atoms with Crippen molar-refractivity contribution < 1.29 is 9.59 Å². The molecule has 1 aromatic rings. The second-order valence-corrected chi connectivity index (χ2v) is 5.26. The SMILES string of the molecule is NCCCCCCNC(=O)CC([C]=O)Cc1ccccc1. The van der Waals surface area contributed by atoms with Gasteiger partial charge < -0.3 is 11.1 Å². The summed E-state index contributed by atoms with van der Waals surface area (Å²) in [6.45, 7) is 1.39. The summed E-state index contributed by atoms with van der Waals surface area (Å²) in [5, 5.41) is 2.86. The first-order valence-electron chi connectivity index (χ1n) is 7.64. The summed E-state index contributed by atoms with van der Waals surface area (Å²) < 4.78 is 0. The zero-order chi connectivity index (χ0) is 15.3. The summed E-state index contributed by atoms with van der Waals surface area (Å²) in [5.41, 5.74) is 6.47. The van der Waals surface area contributed by atoms with Gasteiger partial charge in [0.2, 0.25) is 12.2 Å². The molecular weight excluding hydrogens is 264 g/mol. The number of amides is 1. The van der Waals surface area contributed by atoms with Crippen LogP contribution in [-0.2, 0) is 16.0 Å². The van der Waals surface area contributed by atoms with Crippen molar-refractivity contribution in [2.24, 2.45) is 11.7 Å². The summed E-state index contributed by atoms with van der Waals surface area (Å²) in [6, 6.07) is 9.71. The van der Waals surface area contributed by atoms with E-state index in [-0.39, 0.29) is 18.2 Å². The van der Waals surface area contributed by atoms with E-state index in [1.54, 1.807) is 0 Å². The van der Waals surface area contributed by atoms with Gasteiger partial charge in [0.25, 0.3) is 0 Å². The minimum Gasteiger partial charge on any atom is -0.356 e. The fourth-order valence-corrected chi connectivity index (χ4v) is 2.20. The highest BCUT2D eigenvalue weighted by Crippen LogP contribution is 2.10. The lowest BCUT2D eigenvalue weighted by molar-refractivity contribution is -0.121. The molecule has 4 nitrogen and oxygen atoms in total. The third-order valence-electron chi connectivity index (χ3n) is 3.38. The normalized spacial score (nSPS) is 11.9. The molecule has 0 aromatic heterocycles. The zero-order valence-electron chi connectivity index (χ0n) is 12.5. The molecule has 1 aromatic carbocycles. The fraction of sp³-hybridized carbons (Fsp3) is 0.529. The van der Waals surface area contributed by atoms with Crippen LogP contribution in [0.2, 0.25) is 0 Å². The lowest BCUT2D eigenvalue weighted by Crippen LogP contribution is -2.27. The smallest absolute Gasteiger partial charge is 0.220 e. The van der Waals surface area contributed by atoms with Crippen molar-refractivity contribution in [3.05, 3.63) is 35.9 Å². The summed E-state index contributed by atoms with van der Waals surface area (Å²) in [4.78, 5) is 22.8. The van der Waals surface area contributed by atoms with Crippen LogP contribution < -0.4 is 11.1 Å². The standard InChI is InChI=1S/C17H25N2O2/c18-10-6-1-2-7-11-19-17(21)13-16(14-20)12-15-8-4-3-5-9-15/h3-5,8-9,16H,1-2,6-7,10-13,18H2,(H,19,21). The Morgan fingerprint density at radius 1 is 1.14 bits per heavy atom. The van der Waals surface area contributed by atoms with Gasteiger partial charge in [0, 0.05) is 18.9 Å². The van der Waals surface area contributed by atoms with Gasteiger partial charge in [-0.2, -0.15) is 0 Å². The van der Waals surface area contributed by atoms with Crippen molar-refractivity contribution >= 4 is 12.2 Å². The van der Waals surface area contributed by atoms with Crippen LogP contribution in [0.15, 0.2) is 30.3 Å². The van der Waals surface area contributed by atoms with Crippen molar-refractivity contribution in [3.63, 3.8) is 0 Å². The average Bonchev–Trinajstić information content (AvgIpc) is 2.51. The van der Waals surface area contributed by atoms with E-state index in [1.807, 2.05) is 36.6 Å². The second-order valence-electron chi connectivity index (χ2n) is 5.26. The summed E-state index contributed by atoms with van der Waals surface area (Å²) in [6.07, 6.45) is 6.92. The van der Waals surface area contributed by atoms with Crippen molar-refractivity contribution in [1.82, 2.24) is 5.32 Å². The Labute approximate surface area is 127 Å². The highest BCUT2D eigenvalue weighted by Gasteiger charge is 2.14. The molecule has 0 aliphatic carbocycles. The maximum absolute atomic E-state index is 11.8. The molecule has 0 saturated carbocycles. The van der Waals surface area contributed by atoms with Crippen LogP contribution in [0.1, 0.15) is 37.7 Å². The third kappa shape index (κ3) is 8.25. The first-order valence-corrected chi connectivity index (χ1v) is 7.64. The van der Waals surface area contributed by atoms with E-state index in [4.69, 9.17) is 5.73 Å². The van der Waals surface area contributed by atoms with Gasteiger partial charge in [-0.25, -0.2) is 0 Å².